The Kier molecular flexibility index (Phi) is 5.62. The van der Waals surface area contributed by atoms with Crippen LogP contribution in [0.25, 0.3) is 28.5 Å². The first-order chi connectivity index (χ1) is 16.1. The number of rotatable bonds is 6. The molecule has 3 heterocycles. The summed E-state index contributed by atoms with van der Waals surface area (Å²) in [5.74, 6) is 2.13. The summed E-state index contributed by atoms with van der Waals surface area (Å²) in [5.41, 5.74) is 4.70. The first-order valence-electron chi connectivity index (χ1n) is 10.3. The summed E-state index contributed by atoms with van der Waals surface area (Å²) in [4.78, 5) is 18.7. The largest absolute Gasteiger partial charge is 0.338 e. The van der Waals surface area contributed by atoms with Gasteiger partial charge in [0, 0.05) is 23.4 Å². The van der Waals surface area contributed by atoms with E-state index in [1.54, 1.807) is 12.3 Å². The fraction of sp³-hybridized carbons (Fsp3) is 0.125. The molecule has 0 fully saturated rings. The van der Waals surface area contributed by atoms with Crippen LogP contribution in [0.5, 0.6) is 0 Å². The summed E-state index contributed by atoms with van der Waals surface area (Å²) < 4.78 is 7.44. The first kappa shape index (κ1) is 20.9. The Balaban J connectivity index is 1.46. The number of aryl methyl sites for hydroxylation is 2. The molecule has 0 amide bonds. The van der Waals surface area contributed by atoms with Crippen molar-refractivity contribution in [2.75, 3.05) is 0 Å². The van der Waals surface area contributed by atoms with Crippen molar-refractivity contribution in [3.63, 3.8) is 0 Å². The molecule has 0 bridgehead atoms. The first-order valence-corrected chi connectivity index (χ1v) is 11.3. The van der Waals surface area contributed by atoms with Crippen LogP contribution in [0.15, 0.2) is 81.3 Å². The van der Waals surface area contributed by atoms with Crippen LogP contribution >= 0.6 is 11.8 Å². The number of nitrogens with zero attached hydrogens (tertiary/aromatic N) is 5. The van der Waals surface area contributed by atoms with Crippen molar-refractivity contribution in [3.8, 4) is 28.5 Å². The van der Waals surface area contributed by atoms with Crippen molar-refractivity contribution < 1.29 is 4.52 Å². The van der Waals surface area contributed by atoms with Gasteiger partial charge in [-0.15, -0.1) is 10.2 Å². The zero-order valence-corrected chi connectivity index (χ0v) is 18.8. The van der Waals surface area contributed by atoms with Gasteiger partial charge in [-0.3, -0.25) is 9.36 Å². The Morgan fingerprint density at radius 2 is 1.76 bits per heavy atom. The Hall–Kier alpha value is -3.98. The van der Waals surface area contributed by atoms with Crippen molar-refractivity contribution in [1.82, 2.24) is 29.9 Å². The fourth-order valence-corrected chi connectivity index (χ4v) is 4.17. The molecule has 5 rings (SSSR count). The van der Waals surface area contributed by atoms with Gasteiger partial charge in [-0.05, 0) is 31.5 Å². The molecule has 0 spiro atoms. The van der Waals surface area contributed by atoms with Gasteiger partial charge < -0.3 is 9.51 Å². The van der Waals surface area contributed by atoms with Gasteiger partial charge in [0.25, 0.3) is 0 Å². The highest BCUT2D eigenvalue weighted by Crippen LogP contribution is 2.30. The second-order valence-electron chi connectivity index (χ2n) is 7.54. The monoisotopic (exact) mass is 456 g/mol. The number of aromatic nitrogens is 6. The van der Waals surface area contributed by atoms with Crippen LogP contribution in [0, 0.1) is 13.8 Å². The van der Waals surface area contributed by atoms with E-state index in [0.717, 1.165) is 22.4 Å². The lowest BCUT2D eigenvalue weighted by molar-refractivity contribution is 0.391. The van der Waals surface area contributed by atoms with Crippen molar-refractivity contribution in [2.24, 2.45) is 0 Å². The summed E-state index contributed by atoms with van der Waals surface area (Å²) in [6, 6.07) is 19.2. The molecule has 0 aliphatic heterocycles. The SMILES string of the molecule is Cc1ccc(-c2noc(CSc3nnc(-c4ccc(=O)[nH]c4)n3-c3ccccc3C)n2)cc1. The minimum Gasteiger partial charge on any atom is -0.338 e. The summed E-state index contributed by atoms with van der Waals surface area (Å²) in [6.45, 7) is 4.07. The third kappa shape index (κ3) is 4.35. The smallest absolute Gasteiger partial charge is 0.247 e. The molecule has 9 heteroatoms. The summed E-state index contributed by atoms with van der Waals surface area (Å²) in [7, 11) is 0. The van der Waals surface area contributed by atoms with Crippen LogP contribution in [0.2, 0.25) is 0 Å². The molecule has 0 saturated carbocycles. The second kappa shape index (κ2) is 8.87. The van der Waals surface area contributed by atoms with E-state index >= 15 is 0 Å². The van der Waals surface area contributed by atoms with E-state index in [-0.39, 0.29) is 5.56 Å². The number of para-hydroxylation sites is 1. The van der Waals surface area contributed by atoms with E-state index < -0.39 is 0 Å². The molecule has 0 aliphatic carbocycles. The van der Waals surface area contributed by atoms with Crippen LogP contribution in [-0.2, 0) is 5.75 Å². The van der Waals surface area contributed by atoms with Gasteiger partial charge in [-0.1, -0.05) is 64.9 Å². The number of pyridine rings is 1. The normalized spacial score (nSPS) is 11.1. The molecule has 5 aromatic rings. The lowest BCUT2D eigenvalue weighted by Crippen LogP contribution is -2.05. The molecule has 8 nitrogen and oxygen atoms in total. The molecule has 33 heavy (non-hydrogen) atoms. The van der Waals surface area contributed by atoms with E-state index in [9.17, 15) is 4.79 Å². The second-order valence-corrected chi connectivity index (χ2v) is 8.48. The third-order valence-corrected chi connectivity index (χ3v) is 6.05. The van der Waals surface area contributed by atoms with Crippen LogP contribution in [-0.4, -0.2) is 29.9 Å². The maximum absolute atomic E-state index is 11.5. The minimum atomic E-state index is -0.170. The molecule has 0 atom stereocenters. The number of nitrogens with one attached hydrogen (secondary N) is 1. The molecule has 164 valence electrons. The van der Waals surface area contributed by atoms with Crippen molar-refractivity contribution >= 4 is 11.8 Å². The predicted octanol–water partition coefficient (Wildman–Crippen LogP) is 4.58. The van der Waals surface area contributed by atoms with Crippen LogP contribution in [0.1, 0.15) is 17.0 Å². The van der Waals surface area contributed by atoms with Crippen molar-refractivity contribution in [1.29, 1.82) is 0 Å². The van der Waals surface area contributed by atoms with E-state index in [4.69, 9.17) is 4.52 Å². The van der Waals surface area contributed by atoms with E-state index in [2.05, 4.69) is 25.3 Å². The van der Waals surface area contributed by atoms with Crippen molar-refractivity contribution in [2.45, 2.75) is 24.8 Å². The molecule has 0 radical (unpaired) electrons. The maximum atomic E-state index is 11.5. The lowest BCUT2D eigenvalue weighted by Gasteiger charge is -2.12. The fourth-order valence-electron chi connectivity index (χ4n) is 3.39. The predicted molar refractivity (Wildman–Crippen MR) is 126 cm³/mol. The van der Waals surface area contributed by atoms with Crippen molar-refractivity contribution in [3.05, 3.63) is 94.2 Å². The van der Waals surface area contributed by atoms with Crippen LogP contribution in [0.4, 0.5) is 0 Å². The van der Waals surface area contributed by atoms with Crippen LogP contribution < -0.4 is 5.56 Å². The van der Waals surface area contributed by atoms with E-state index in [1.165, 1.54) is 23.4 Å². The molecule has 0 saturated heterocycles. The van der Waals surface area contributed by atoms with Gasteiger partial charge >= 0.3 is 0 Å². The molecular weight excluding hydrogens is 436 g/mol. The Bertz CT molecular complexity index is 1450. The highest BCUT2D eigenvalue weighted by Gasteiger charge is 2.19. The molecular formula is C24H20N6O2S. The van der Waals surface area contributed by atoms with Gasteiger partial charge in [-0.25, -0.2) is 0 Å². The number of hydrogen-bond donors (Lipinski definition) is 1. The Morgan fingerprint density at radius 1 is 0.970 bits per heavy atom. The minimum absolute atomic E-state index is 0.170. The maximum Gasteiger partial charge on any atom is 0.247 e. The van der Waals surface area contributed by atoms with Crippen LogP contribution in [0.3, 0.4) is 0 Å². The number of benzene rings is 2. The molecule has 0 unspecified atom stereocenters. The molecule has 3 aromatic heterocycles. The highest BCUT2D eigenvalue weighted by atomic mass is 32.2. The summed E-state index contributed by atoms with van der Waals surface area (Å²) >= 11 is 1.45. The van der Waals surface area contributed by atoms with Gasteiger partial charge in [-0.2, -0.15) is 4.98 Å². The number of hydrogen-bond acceptors (Lipinski definition) is 7. The average molecular weight is 457 g/mol. The molecule has 2 aromatic carbocycles. The number of aromatic amines is 1. The standard InChI is InChI=1S/C24H20N6O2S/c1-15-7-9-17(10-8-15)22-26-21(32-29-22)14-33-24-28-27-23(18-11-12-20(31)25-13-18)30(24)19-6-4-3-5-16(19)2/h3-13H,14H2,1-2H3,(H,25,31). The molecule has 1 N–H and O–H groups in total. The highest BCUT2D eigenvalue weighted by molar-refractivity contribution is 7.98. The third-order valence-electron chi connectivity index (χ3n) is 5.13. The van der Waals surface area contributed by atoms with E-state index in [0.29, 0.717) is 28.4 Å². The lowest BCUT2D eigenvalue weighted by atomic mass is 10.1. The zero-order valence-electron chi connectivity index (χ0n) is 18.0. The number of H-pyrrole nitrogens is 1. The topological polar surface area (TPSA) is 102 Å². The van der Waals surface area contributed by atoms with E-state index in [1.807, 2.05) is 66.9 Å². The quantitative estimate of drug-likeness (QED) is 0.373. The summed E-state index contributed by atoms with van der Waals surface area (Å²) in [6.07, 6.45) is 1.64. The van der Waals surface area contributed by atoms with Gasteiger partial charge in [0.2, 0.25) is 17.3 Å². The average Bonchev–Trinajstić information content (AvgIpc) is 3.46. The molecule has 0 aliphatic rings. The Labute approximate surface area is 193 Å². The van der Waals surface area contributed by atoms with Gasteiger partial charge in [0.05, 0.1) is 11.4 Å². The van der Waals surface area contributed by atoms with Gasteiger partial charge in [0.1, 0.15) is 0 Å². The zero-order chi connectivity index (χ0) is 22.8. The number of thioether (sulfide) groups is 1. The van der Waals surface area contributed by atoms with Gasteiger partial charge in [0.15, 0.2) is 11.0 Å². The Morgan fingerprint density at radius 3 is 2.52 bits per heavy atom. The summed E-state index contributed by atoms with van der Waals surface area (Å²) in [5, 5.41) is 13.6.